The molecule has 35 heavy (non-hydrogen) atoms. The van der Waals surface area contributed by atoms with Crippen molar-refractivity contribution in [2.24, 2.45) is 0 Å². The smallest absolute Gasteiger partial charge is 0.347 e. The van der Waals surface area contributed by atoms with Crippen LogP contribution in [0, 0.1) is 0 Å². The molecule has 0 N–H and O–H groups in total. The summed E-state index contributed by atoms with van der Waals surface area (Å²) >= 11 is 12.1. The summed E-state index contributed by atoms with van der Waals surface area (Å²) in [5.74, 6) is -1.91. The van der Waals surface area contributed by atoms with Crippen molar-refractivity contribution in [1.82, 2.24) is 4.90 Å². The van der Waals surface area contributed by atoms with Crippen LogP contribution in [0.15, 0.2) is 36.4 Å². The molecular formula is C23H19Cl2F6NO3. The van der Waals surface area contributed by atoms with Crippen LogP contribution in [0.25, 0.3) is 0 Å². The van der Waals surface area contributed by atoms with E-state index in [1.54, 1.807) is 18.2 Å². The van der Waals surface area contributed by atoms with Gasteiger partial charge in [-0.2, -0.15) is 26.3 Å². The van der Waals surface area contributed by atoms with Gasteiger partial charge in [0.1, 0.15) is 0 Å². The lowest BCUT2D eigenvalue weighted by Gasteiger charge is -2.43. The molecule has 4 rings (SSSR count). The Morgan fingerprint density at radius 3 is 2.09 bits per heavy atom. The van der Waals surface area contributed by atoms with E-state index < -0.39 is 46.8 Å². The molecule has 2 aliphatic heterocycles. The van der Waals surface area contributed by atoms with E-state index in [-0.39, 0.29) is 36.9 Å². The summed E-state index contributed by atoms with van der Waals surface area (Å²) in [6, 6.07) is 5.08. The average molecular weight is 542 g/mol. The molecule has 0 radical (unpaired) electrons. The van der Waals surface area contributed by atoms with Crippen LogP contribution in [0.5, 0.6) is 0 Å². The Kier molecular flexibility index (Phi) is 7.04. The standard InChI is InChI=1S/C23H19Cl2F6NO3/c24-18-2-1-13(8-19(18)25)7-17-12-21(34-5-6-35-21)3-4-32(17)20(33)14-9-15(22(26,27)28)11-16(10-14)23(29,30)31/h1-2,8-11,17H,3-7,12H2. The molecular weight excluding hydrogens is 523 g/mol. The van der Waals surface area contributed by atoms with Gasteiger partial charge < -0.3 is 14.4 Å². The number of alkyl halides is 6. The van der Waals surface area contributed by atoms with Gasteiger partial charge in [0.2, 0.25) is 0 Å². The first kappa shape index (κ1) is 26.1. The second-order valence-electron chi connectivity index (χ2n) is 8.46. The molecule has 2 aliphatic rings. The van der Waals surface area contributed by atoms with E-state index in [9.17, 15) is 31.1 Å². The van der Waals surface area contributed by atoms with Gasteiger partial charge in [-0.25, -0.2) is 0 Å². The molecule has 2 aromatic carbocycles. The van der Waals surface area contributed by atoms with Crippen molar-refractivity contribution in [3.63, 3.8) is 0 Å². The highest BCUT2D eigenvalue weighted by atomic mass is 35.5. The highest BCUT2D eigenvalue weighted by Gasteiger charge is 2.46. The quantitative estimate of drug-likeness (QED) is 0.410. The summed E-state index contributed by atoms with van der Waals surface area (Å²) in [6.45, 7) is 0.703. The number of carbonyl (C=O) groups is 1. The van der Waals surface area contributed by atoms with Crippen LogP contribution in [0.3, 0.4) is 0 Å². The van der Waals surface area contributed by atoms with Gasteiger partial charge in [-0.15, -0.1) is 0 Å². The molecule has 12 heteroatoms. The SMILES string of the molecule is O=C(c1cc(C(F)(F)F)cc(C(F)(F)F)c1)N1CCC2(CC1Cc1ccc(Cl)c(Cl)c1)OCCO2. The Morgan fingerprint density at radius 1 is 0.943 bits per heavy atom. The molecule has 0 saturated carbocycles. The third kappa shape index (κ3) is 5.71. The first-order chi connectivity index (χ1) is 16.3. The Morgan fingerprint density at radius 2 is 1.54 bits per heavy atom. The van der Waals surface area contributed by atoms with Gasteiger partial charge in [-0.05, 0) is 42.3 Å². The van der Waals surface area contributed by atoms with E-state index in [0.717, 1.165) is 0 Å². The third-order valence-corrected chi connectivity index (χ3v) is 6.82. The van der Waals surface area contributed by atoms with Gasteiger partial charge >= 0.3 is 12.4 Å². The van der Waals surface area contributed by atoms with Crippen molar-refractivity contribution >= 4 is 29.1 Å². The van der Waals surface area contributed by atoms with Gasteiger partial charge in [-0.1, -0.05) is 29.3 Å². The van der Waals surface area contributed by atoms with Crippen molar-refractivity contribution in [3.8, 4) is 0 Å². The van der Waals surface area contributed by atoms with Gasteiger partial charge in [0.15, 0.2) is 5.79 Å². The van der Waals surface area contributed by atoms with Crippen LogP contribution < -0.4 is 0 Å². The normalized spacial score (nSPS) is 20.5. The molecule has 2 saturated heterocycles. The van der Waals surface area contributed by atoms with Gasteiger partial charge in [0.05, 0.1) is 34.4 Å². The van der Waals surface area contributed by atoms with Crippen LogP contribution in [-0.2, 0) is 28.2 Å². The predicted octanol–water partition coefficient (Wildman–Crippen LogP) is 6.62. The van der Waals surface area contributed by atoms with E-state index in [1.807, 2.05) is 0 Å². The highest BCUT2D eigenvalue weighted by molar-refractivity contribution is 6.42. The molecule has 0 bridgehead atoms. The second-order valence-corrected chi connectivity index (χ2v) is 9.28. The third-order valence-electron chi connectivity index (χ3n) is 6.09. The molecule has 0 aromatic heterocycles. The maximum atomic E-state index is 13.3. The predicted molar refractivity (Wildman–Crippen MR) is 115 cm³/mol. The first-order valence-electron chi connectivity index (χ1n) is 10.6. The summed E-state index contributed by atoms with van der Waals surface area (Å²) in [4.78, 5) is 14.6. The zero-order valence-electron chi connectivity index (χ0n) is 18.0. The molecule has 0 aliphatic carbocycles. The number of piperidine rings is 1. The zero-order valence-corrected chi connectivity index (χ0v) is 19.5. The minimum Gasteiger partial charge on any atom is -0.347 e. The zero-order chi connectivity index (χ0) is 25.6. The van der Waals surface area contributed by atoms with Crippen molar-refractivity contribution in [1.29, 1.82) is 0 Å². The molecule has 190 valence electrons. The fourth-order valence-corrected chi connectivity index (χ4v) is 4.76. The number of ether oxygens (including phenoxy) is 2. The number of nitrogens with zero attached hydrogens (tertiary/aromatic N) is 1. The topological polar surface area (TPSA) is 38.8 Å². The fraction of sp³-hybridized carbons (Fsp3) is 0.435. The van der Waals surface area contributed by atoms with Crippen LogP contribution >= 0.6 is 23.2 Å². The Labute approximate surface area is 206 Å². The van der Waals surface area contributed by atoms with Gasteiger partial charge in [-0.3, -0.25) is 4.79 Å². The summed E-state index contributed by atoms with van der Waals surface area (Å²) in [6.07, 6.45) is -9.51. The molecule has 1 unspecified atom stereocenters. The van der Waals surface area contributed by atoms with Crippen molar-refractivity contribution < 1.29 is 40.6 Å². The van der Waals surface area contributed by atoms with E-state index in [4.69, 9.17) is 32.7 Å². The molecule has 2 fully saturated rings. The summed E-state index contributed by atoms with van der Waals surface area (Å²) in [5, 5.41) is 0.586. The van der Waals surface area contributed by atoms with Gasteiger partial charge in [0, 0.05) is 31.0 Å². The average Bonchev–Trinajstić information content (AvgIpc) is 3.22. The molecule has 4 nitrogen and oxygen atoms in total. The highest BCUT2D eigenvalue weighted by Crippen LogP contribution is 2.39. The largest absolute Gasteiger partial charge is 0.416 e. The maximum Gasteiger partial charge on any atom is 0.416 e. The van der Waals surface area contributed by atoms with Crippen molar-refractivity contribution in [2.45, 2.75) is 43.4 Å². The minimum absolute atomic E-state index is 0.00459. The Bertz CT molecular complexity index is 1080. The monoisotopic (exact) mass is 541 g/mol. The van der Waals surface area contributed by atoms with Crippen LogP contribution in [-0.4, -0.2) is 42.4 Å². The van der Waals surface area contributed by atoms with Crippen molar-refractivity contribution in [3.05, 3.63) is 68.7 Å². The lowest BCUT2D eigenvalue weighted by molar-refractivity contribution is -0.191. The first-order valence-corrected chi connectivity index (χ1v) is 11.4. The number of amides is 1. The van der Waals surface area contributed by atoms with E-state index in [0.29, 0.717) is 35.9 Å². The van der Waals surface area contributed by atoms with E-state index in [2.05, 4.69) is 0 Å². The summed E-state index contributed by atoms with van der Waals surface area (Å²) in [5.41, 5.74) is -3.12. The number of hydrogen-bond donors (Lipinski definition) is 0. The van der Waals surface area contributed by atoms with Crippen LogP contribution in [0.2, 0.25) is 10.0 Å². The molecule has 1 amide bonds. The maximum absolute atomic E-state index is 13.3. The Hall–Kier alpha value is -2.01. The fourth-order valence-electron chi connectivity index (χ4n) is 4.44. The molecule has 2 aromatic rings. The van der Waals surface area contributed by atoms with Crippen LogP contribution in [0.1, 0.15) is 39.9 Å². The lowest BCUT2D eigenvalue weighted by atomic mass is 9.90. The molecule has 1 atom stereocenters. The number of carbonyl (C=O) groups excluding carboxylic acids is 1. The number of halogens is 8. The van der Waals surface area contributed by atoms with Crippen molar-refractivity contribution in [2.75, 3.05) is 19.8 Å². The molecule has 2 heterocycles. The number of rotatable bonds is 3. The summed E-state index contributed by atoms with van der Waals surface area (Å²) in [7, 11) is 0. The Balaban J connectivity index is 1.70. The van der Waals surface area contributed by atoms with Gasteiger partial charge in [0.25, 0.3) is 5.91 Å². The van der Waals surface area contributed by atoms with Crippen LogP contribution in [0.4, 0.5) is 26.3 Å². The number of benzene rings is 2. The number of likely N-dealkylation sites (tertiary alicyclic amines) is 1. The second kappa shape index (κ2) is 9.46. The van der Waals surface area contributed by atoms with E-state index >= 15 is 0 Å². The summed E-state index contributed by atoms with van der Waals surface area (Å²) < 4.78 is 91.5. The lowest BCUT2D eigenvalue weighted by Crippen LogP contribution is -2.54. The number of hydrogen-bond acceptors (Lipinski definition) is 3. The minimum atomic E-state index is -5.06. The molecule has 1 spiro atoms. The van der Waals surface area contributed by atoms with E-state index in [1.165, 1.54) is 4.90 Å².